The second-order valence-electron chi connectivity index (χ2n) is 3.52. The molecule has 0 fully saturated rings. The lowest BCUT2D eigenvalue weighted by Crippen LogP contribution is -2.38. The first-order valence-corrected chi connectivity index (χ1v) is 7.95. The number of nitrogens with zero attached hydrogens (tertiary/aromatic N) is 1. The van der Waals surface area contributed by atoms with E-state index in [2.05, 4.69) is 15.9 Å². The van der Waals surface area contributed by atoms with Gasteiger partial charge in [-0.3, -0.25) is 0 Å². The van der Waals surface area contributed by atoms with Crippen LogP contribution in [0.4, 0.5) is 13.2 Å². The third kappa shape index (κ3) is 3.69. The summed E-state index contributed by atoms with van der Waals surface area (Å²) < 4.78 is 62.2. The van der Waals surface area contributed by atoms with E-state index in [-0.39, 0.29) is 11.4 Å². The average Bonchev–Trinajstić information content (AvgIpc) is 2.53. The van der Waals surface area contributed by atoms with Gasteiger partial charge in [0, 0.05) is 11.4 Å². The van der Waals surface area contributed by atoms with E-state index in [1.807, 2.05) is 0 Å². The zero-order valence-corrected chi connectivity index (χ0v) is 12.8. The number of aryl methyl sites for hydroxylation is 1. The molecular weight excluding hydrogens is 355 g/mol. The molecule has 0 saturated carbocycles. The molecule has 18 heavy (non-hydrogen) atoms. The van der Waals surface area contributed by atoms with Gasteiger partial charge in [-0.05, 0) is 28.9 Å². The predicted octanol–water partition coefficient (Wildman–Crippen LogP) is 3.39. The molecule has 1 heterocycles. The first-order chi connectivity index (χ1) is 8.08. The summed E-state index contributed by atoms with van der Waals surface area (Å²) in [6.07, 6.45) is -4.55. The Balaban J connectivity index is 3.15. The lowest BCUT2D eigenvalue weighted by molar-refractivity contribution is -0.135. The Kier molecular flexibility index (Phi) is 4.85. The van der Waals surface area contributed by atoms with Crippen LogP contribution in [0.15, 0.2) is 14.7 Å². The summed E-state index contributed by atoms with van der Waals surface area (Å²) >= 11 is 4.29. The molecular formula is C9H11BrF3NO2S2. The van der Waals surface area contributed by atoms with Crippen molar-refractivity contribution in [1.29, 1.82) is 0 Å². The largest absolute Gasteiger partial charge is 0.402 e. The molecule has 0 bridgehead atoms. The van der Waals surface area contributed by atoms with Crippen LogP contribution >= 0.6 is 27.3 Å². The van der Waals surface area contributed by atoms with Gasteiger partial charge in [0.1, 0.15) is 6.54 Å². The van der Waals surface area contributed by atoms with Crippen molar-refractivity contribution in [3.8, 4) is 0 Å². The molecule has 0 spiro atoms. The molecule has 9 heteroatoms. The molecule has 0 radical (unpaired) electrons. The van der Waals surface area contributed by atoms with Crippen molar-refractivity contribution in [1.82, 2.24) is 4.31 Å². The van der Waals surface area contributed by atoms with Crippen molar-refractivity contribution >= 4 is 37.3 Å². The Morgan fingerprint density at radius 3 is 2.33 bits per heavy atom. The Hall–Kier alpha value is -0.120. The summed E-state index contributed by atoms with van der Waals surface area (Å²) in [4.78, 5) is 0.382. The molecule has 0 N–H and O–H groups in total. The van der Waals surface area contributed by atoms with Crippen LogP contribution in [0.1, 0.15) is 11.8 Å². The van der Waals surface area contributed by atoms with Crippen LogP contribution in [-0.2, 0) is 10.0 Å². The van der Waals surface area contributed by atoms with Crippen LogP contribution in [0.5, 0.6) is 0 Å². The summed E-state index contributed by atoms with van der Waals surface area (Å²) in [6.45, 7) is 1.23. The lowest BCUT2D eigenvalue weighted by atomic mass is 10.5. The van der Waals surface area contributed by atoms with Crippen molar-refractivity contribution in [3.63, 3.8) is 0 Å². The highest BCUT2D eigenvalue weighted by atomic mass is 79.9. The molecule has 104 valence electrons. The van der Waals surface area contributed by atoms with Crippen molar-refractivity contribution in [2.75, 3.05) is 13.1 Å². The van der Waals surface area contributed by atoms with Gasteiger partial charge in [0.15, 0.2) is 0 Å². The highest BCUT2D eigenvalue weighted by Gasteiger charge is 2.37. The van der Waals surface area contributed by atoms with Gasteiger partial charge in [0.25, 0.3) is 0 Å². The van der Waals surface area contributed by atoms with Crippen LogP contribution in [0, 0.1) is 6.92 Å². The first kappa shape index (κ1) is 15.9. The summed E-state index contributed by atoms with van der Waals surface area (Å²) in [5, 5.41) is 0. The predicted molar refractivity (Wildman–Crippen MR) is 67.2 cm³/mol. The molecule has 0 atom stereocenters. The molecule has 1 aromatic heterocycles. The van der Waals surface area contributed by atoms with Gasteiger partial charge in [-0.15, -0.1) is 11.3 Å². The van der Waals surface area contributed by atoms with Gasteiger partial charge >= 0.3 is 6.18 Å². The minimum absolute atomic E-state index is 0.0783. The van der Waals surface area contributed by atoms with Crippen molar-refractivity contribution < 1.29 is 21.6 Å². The summed E-state index contributed by atoms with van der Waals surface area (Å²) in [5.41, 5.74) is 0. The fourth-order valence-electron chi connectivity index (χ4n) is 1.39. The SMILES string of the molecule is CCN(CC(F)(F)F)S(=O)(=O)c1cc(Br)sc1C. The van der Waals surface area contributed by atoms with Gasteiger partial charge in [-0.2, -0.15) is 17.5 Å². The number of hydrogen-bond acceptors (Lipinski definition) is 3. The highest BCUT2D eigenvalue weighted by Crippen LogP contribution is 2.32. The van der Waals surface area contributed by atoms with Crippen molar-refractivity contribution in [2.45, 2.75) is 24.9 Å². The molecule has 0 amide bonds. The van der Waals surface area contributed by atoms with Gasteiger partial charge in [-0.1, -0.05) is 6.92 Å². The lowest BCUT2D eigenvalue weighted by Gasteiger charge is -2.21. The van der Waals surface area contributed by atoms with Gasteiger partial charge in [-0.25, -0.2) is 8.42 Å². The van der Waals surface area contributed by atoms with E-state index in [1.165, 1.54) is 24.3 Å². The number of sulfonamides is 1. The molecule has 0 aliphatic rings. The zero-order chi connectivity index (χ0) is 14.1. The van der Waals surface area contributed by atoms with Crippen LogP contribution in [-0.4, -0.2) is 32.0 Å². The molecule has 0 aliphatic heterocycles. The van der Waals surface area contributed by atoms with Gasteiger partial charge < -0.3 is 0 Å². The van der Waals surface area contributed by atoms with Crippen LogP contribution in [0.25, 0.3) is 0 Å². The standard InChI is InChI=1S/C9H11BrF3NO2S2/c1-3-14(5-9(11,12)13)18(15,16)7-4-8(10)17-6(7)2/h4H,3,5H2,1-2H3. The molecule has 1 aromatic rings. The van der Waals surface area contributed by atoms with E-state index in [9.17, 15) is 21.6 Å². The van der Waals surface area contributed by atoms with E-state index < -0.39 is 22.7 Å². The summed E-state index contributed by atoms with van der Waals surface area (Å²) in [7, 11) is -4.10. The molecule has 0 aliphatic carbocycles. The Morgan fingerprint density at radius 1 is 1.44 bits per heavy atom. The van der Waals surface area contributed by atoms with Crippen LogP contribution in [0.3, 0.4) is 0 Å². The summed E-state index contributed by atoms with van der Waals surface area (Å²) in [6, 6.07) is 1.33. The maximum Gasteiger partial charge on any atom is 0.402 e. The maximum atomic E-state index is 12.3. The Labute approximate surface area is 116 Å². The molecule has 0 unspecified atom stereocenters. The topological polar surface area (TPSA) is 37.4 Å². The van der Waals surface area contributed by atoms with Crippen molar-refractivity contribution in [3.05, 3.63) is 14.7 Å². The average molecular weight is 366 g/mol. The van der Waals surface area contributed by atoms with Gasteiger partial charge in [0.2, 0.25) is 10.0 Å². The molecule has 1 rings (SSSR count). The van der Waals surface area contributed by atoms with E-state index in [1.54, 1.807) is 6.92 Å². The number of halogens is 4. The van der Waals surface area contributed by atoms with Crippen LogP contribution in [0.2, 0.25) is 0 Å². The molecule has 3 nitrogen and oxygen atoms in total. The summed E-state index contributed by atoms with van der Waals surface area (Å²) in [5.74, 6) is 0. The number of hydrogen-bond donors (Lipinski definition) is 0. The monoisotopic (exact) mass is 365 g/mol. The minimum atomic E-state index is -4.55. The molecule has 0 saturated heterocycles. The molecule has 0 aromatic carbocycles. The van der Waals surface area contributed by atoms with E-state index in [4.69, 9.17) is 0 Å². The Bertz CT molecular complexity index is 524. The highest BCUT2D eigenvalue weighted by molar-refractivity contribution is 9.11. The smallest absolute Gasteiger partial charge is 0.207 e. The number of rotatable bonds is 4. The quantitative estimate of drug-likeness (QED) is 0.819. The normalized spacial score (nSPS) is 13.3. The number of alkyl halides is 3. The number of thiophene rings is 1. The third-order valence-electron chi connectivity index (χ3n) is 2.17. The van der Waals surface area contributed by atoms with Crippen molar-refractivity contribution in [2.24, 2.45) is 0 Å². The fraction of sp³-hybridized carbons (Fsp3) is 0.556. The second kappa shape index (κ2) is 5.48. The maximum absolute atomic E-state index is 12.3. The van der Waals surface area contributed by atoms with Crippen LogP contribution < -0.4 is 0 Å². The Morgan fingerprint density at radius 2 is 2.00 bits per heavy atom. The second-order valence-corrected chi connectivity index (χ2v) is 8.06. The first-order valence-electron chi connectivity index (χ1n) is 4.90. The minimum Gasteiger partial charge on any atom is -0.207 e. The zero-order valence-electron chi connectivity index (χ0n) is 9.58. The van der Waals surface area contributed by atoms with E-state index in [0.29, 0.717) is 13.0 Å². The van der Waals surface area contributed by atoms with E-state index in [0.717, 1.165) is 0 Å². The van der Waals surface area contributed by atoms with E-state index >= 15 is 0 Å². The fourth-order valence-corrected chi connectivity index (χ4v) is 5.21. The third-order valence-corrected chi connectivity index (χ3v) is 5.90. The van der Waals surface area contributed by atoms with Gasteiger partial charge in [0.05, 0.1) is 8.68 Å².